The standard InChI is InChI=1S/C13H8ClNS2/c14-10-5-2-1-4-9(10)13-15-11(8-17-13)12-6-3-7-16-12/h1-8H. The normalized spacial score (nSPS) is 10.6. The van der Waals surface area contributed by atoms with Crippen molar-refractivity contribution in [2.24, 2.45) is 0 Å². The van der Waals surface area contributed by atoms with Crippen molar-refractivity contribution >= 4 is 34.3 Å². The van der Waals surface area contributed by atoms with Gasteiger partial charge in [-0.2, -0.15) is 0 Å². The van der Waals surface area contributed by atoms with Gasteiger partial charge >= 0.3 is 0 Å². The molecule has 0 spiro atoms. The molecule has 17 heavy (non-hydrogen) atoms. The molecule has 0 aliphatic heterocycles. The molecule has 1 nitrogen and oxygen atoms in total. The molecule has 3 aromatic rings. The van der Waals surface area contributed by atoms with Gasteiger partial charge in [0, 0.05) is 10.9 Å². The van der Waals surface area contributed by atoms with Gasteiger partial charge in [0.1, 0.15) is 5.01 Å². The second-order valence-corrected chi connectivity index (χ2v) is 5.71. The number of hydrogen-bond donors (Lipinski definition) is 0. The van der Waals surface area contributed by atoms with Crippen LogP contribution in [0.3, 0.4) is 0 Å². The Morgan fingerprint density at radius 2 is 1.88 bits per heavy atom. The van der Waals surface area contributed by atoms with Gasteiger partial charge in [-0.3, -0.25) is 0 Å². The van der Waals surface area contributed by atoms with Gasteiger partial charge in [0.25, 0.3) is 0 Å². The molecule has 0 radical (unpaired) electrons. The highest BCUT2D eigenvalue weighted by Crippen LogP contribution is 2.34. The van der Waals surface area contributed by atoms with Crippen molar-refractivity contribution in [2.75, 3.05) is 0 Å². The molecule has 84 valence electrons. The molecular formula is C13H8ClNS2. The molecule has 0 unspecified atom stereocenters. The fraction of sp³-hybridized carbons (Fsp3) is 0. The van der Waals surface area contributed by atoms with Gasteiger partial charge in [0.15, 0.2) is 0 Å². The minimum absolute atomic E-state index is 0.750. The third-order valence-corrected chi connectivity index (χ3v) is 4.48. The van der Waals surface area contributed by atoms with Gasteiger partial charge in [0.05, 0.1) is 15.6 Å². The van der Waals surface area contributed by atoms with Crippen LogP contribution in [0.1, 0.15) is 0 Å². The molecule has 0 saturated carbocycles. The largest absolute Gasteiger partial charge is 0.235 e. The van der Waals surface area contributed by atoms with Crippen molar-refractivity contribution in [3.8, 4) is 21.1 Å². The molecule has 1 aromatic carbocycles. The molecule has 0 bridgehead atoms. The summed E-state index contributed by atoms with van der Waals surface area (Å²) in [7, 11) is 0. The number of aromatic nitrogens is 1. The van der Waals surface area contributed by atoms with Crippen LogP contribution in [0.15, 0.2) is 47.2 Å². The van der Waals surface area contributed by atoms with Crippen molar-refractivity contribution in [3.05, 3.63) is 52.2 Å². The van der Waals surface area contributed by atoms with E-state index in [9.17, 15) is 0 Å². The van der Waals surface area contributed by atoms with E-state index in [1.54, 1.807) is 22.7 Å². The number of thiophene rings is 1. The molecule has 0 saturated heterocycles. The average Bonchev–Trinajstić information content (AvgIpc) is 3.00. The summed E-state index contributed by atoms with van der Waals surface area (Å²) in [6.07, 6.45) is 0. The SMILES string of the molecule is Clc1ccccc1-c1nc(-c2cccs2)cs1. The predicted molar refractivity (Wildman–Crippen MR) is 75.9 cm³/mol. The van der Waals surface area contributed by atoms with Crippen LogP contribution >= 0.6 is 34.3 Å². The van der Waals surface area contributed by atoms with Crippen LogP contribution in [-0.2, 0) is 0 Å². The summed E-state index contributed by atoms with van der Waals surface area (Å²) >= 11 is 9.49. The lowest BCUT2D eigenvalue weighted by atomic mass is 10.2. The quantitative estimate of drug-likeness (QED) is 0.628. The Balaban J connectivity index is 2.04. The summed E-state index contributed by atoms with van der Waals surface area (Å²) in [6.45, 7) is 0. The first kappa shape index (κ1) is 11.0. The van der Waals surface area contributed by atoms with Crippen molar-refractivity contribution in [1.29, 1.82) is 0 Å². The minimum Gasteiger partial charge on any atom is -0.235 e. The first-order valence-electron chi connectivity index (χ1n) is 5.09. The zero-order chi connectivity index (χ0) is 11.7. The lowest BCUT2D eigenvalue weighted by molar-refractivity contribution is 1.42. The van der Waals surface area contributed by atoms with Crippen molar-refractivity contribution < 1.29 is 0 Å². The van der Waals surface area contributed by atoms with Crippen LogP contribution in [0.5, 0.6) is 0 Å². The first-order valence-corrected chi connectivity index (χ1v) is 7.22. The summed E-state index contributed by atoms with van der Waals surface area (Å²) in [5, 5.41) is 5.85. The molecule has 0 N–H and O–H groups in total. The topological polar surface area (TPSA) is 12.9 Å². The van der Waals surface area contributed by atoms with Crippen molar-refractivity contribution in [3.63, 3.8) is 0 Å². The maximum atomic E-state index is 6.16. The van der Waals surface area contributed by atoms with Gasteiger partial charge in [0.2, 0.25) is 0 Å². The van der Waals surface area contributed by atoms with Crippen LogP contribution in [0.2, 0.25) is 5.02 Å². The van der Waals surface area contributed by atoms with Gasteiger partial charge in [-0.05, 0) is 17.5 Å². The zero-order valence-electron chi connectivity index (χ0n) is 8.76. The highest BCUT2D eigenvalue weighted by molar-refractivity contribution is 7.15. The molecule has 3 rings (SSSR count). The molecule has 2 heterocycles. The van der Waals surface area contributed by atoms with Gasteiger partial charge in [-0.25, -0.2) is 4.98 Å². The van der Waals surface area contributed by atoms with Gasteiger partial charge in [-0.1, -0.05) is 35.9 Å². The van der Waals surface area contributed by atoms with E-state index in [1.807, 2.05) is 30.3 Å². The number of benzene rings is 1. The van der Waals surface area contributed by atoms with Crippen LogP contribution in [0, 0.1) is 0 Å². The fourth-order valence-electron chi connectivity index (χ4n) is 1.57. The predicted octanol–water partition coefficient (Wildman–Crippen LogP) is 5.19. The average molecular weight is 278 g/mol. The Morgan fingerprint density at radius 3 is 2.65 bits per heavy atom. The monoisotopic (exact) mass is 277 g/mol. The van der Waals surface area contributed by atoms with Crippen molar-refractivity contribution in [2.45, 2.75) is 0 Å². The first-order chi connectivity index (χ1) is 8.34. The van der Waals surface area contributed by atoms with Gasteiger partial charge < -0.3 is 0 Å². The number of halogens is 1. The lowest BCUT2D eigenvalue weighted by Gasteiger charge is -1.98. The van der Waals surface area contributed by atoms with E-state index in [0.29, 0.717) is 0 Å². The second kappa shape index (κ2) is 4.61. The molecule has 0 atom stereocenters. The Hall–Kier alpha value is -1.16. The maximum absolute atomic E-state index is 6.16. The van der Waals surface area contributed by atoms with E-state index < -0.39 is 0 Å². The third-order valence-electron chi connectivity index (χ3n) is 2.38. The Morgan fingerprint density at radius 1 is 1.00 bits per heavy atom. The highest BCUT2D eigenvalue weighted by atomic mass is 35.5. The molecular weight excluding hydrogens is 270 g/mol. The van der Waals surface area contributed by atoms with Crippen molar-refractivity contribution in [1.82, 2.24) is 4.98 Å². The fourth-order valence-corrected chi connectivity index (χ4v) is 3.47. The minimum atomic E-state index is 0.750. The van der Waals surface area contributed by atoms with E-state index in [-0.39, 0.29) is 0 Å². The second-order valence-electron chi connectivity index (χ2n) is 3.50. The Bertz CT molecular complexity index is 628. The summed E-state index contributed by atoms with van der Waals surface area (Å²) in [6, 6.07) is 11.9. The molecule has 0 aliphatic carbocycles. The lowest BCUT2D eigenvalue weighted by Crippen LogP contribution is -1.78. The summed E-state index contributed by atoms with van der Waals surface area (Å²) in [4.78, 5) is 5.82. The summed E-state index contributed by atoms with van der Waals surface area (Å²) < 4.78 is 0. The zero-order valence-corrected chi connectivity index (χ0v) is 11.1. The highest BCUT2D eigenvalue weighted by Gasteiger charge is 2.09. The van der Waals surface area contributed by atoms with E-state index >= 15 is 0 Å². The third kappa shape index (κ3) is 2.14. The molecule has 2 aromatic heterocycles. The number of thiazole rings is 1. The molecule has 4 heteroatoms. The van der Waals surface area contributed by atoms with Crippen LogP contribution < -0.4 is 0 Å². The van der Waals surface area contributed by atoms with E-state index in [2.05, 4.69) is 21.8 Å². The Labute approximate surface area is 112 Å². The van der Waals surface area contributed by atoms with E-state index in [1.165, 1.54) is 4.88 Å². The van der Waals surface area contributed by atoms with Crippen LogP contribution in [0.25, 0.3) is 21.1 Å². The van der Waals surface area contributed by atoms with Crippen LogP contribution in [0.4, 0.5) is 0 Å². The molecule has 0 amide bonds. The van der Waals surface area contributed by atoms with Gasteiger partial charge in [-0.15, -0.1) is 22.7 Å². The van der Waals surface area contributed by atoms with E-state index in [4.69, 9.17) is 11.6 Å². The molecule has 0 aliphatic rings. The summed E-state index contributed by atoms with van der Waals surface area (Å²) in [5.74, 6) is 0. The van der Waals surface area contributed by atoms with E-state index in [0.717, 1.165) is 21.3 Å². The smallest absolute Gasteiger partial charge is 0.125 e. The van der Waals surface area contributed by atoms with Crippen LogP contribution in [-0.4, -0.2) is 4.98 Å². The molecule has 0 fully saturated rings. The summed E-state index contributed by atoms with van der Waals surface area (Å²) in [5.41, 5.74) is 2.03. The number of rotatable bonds is 2. The maximum Gasteiger partial charge on any atom is 0.125 e. The Kier molecular flexibility index (Phi) is 2.97. The number of hydrogen-bond acceptors (Lipinski definition) is 3. The number of nitrogens with zero attached hydrogens (tertiary/aromatic N) is 1.